The molecule has 0 aliphatic carbocycles. The van der Waals surface area contributed by atoms with Crippen LogP contribution in [-0.4, -0.2) is 5.51 Å². The monoisotopic (exact) mass is 236 g/mol. The van der Waals surface area contributed by atoms with Gasteiger partial charge in [0.15, 0.2) is 0 Å². The van der Waals surface area contributed by atoms with Crippen LogP contribution in [0.2, 0.25) is 5.02 Å². The maximum Gasteiger partial charge on any atom is 0.453 e. The summed E-state index contributed by atoms with van der Waals surface area (Å²) < 4.78 is 35.0. The molecule has 0 aliphatic rings. The van der Waals surface area contributed by atoms with Crippen molar-refractivity contribution in [1.82, 2.24) is 0 Å². The maximum absolute atomic E-state index is 11.7. The molecule has 74 valence electrons. The van der Waals surface area contributed by atoms with Crippen LogP contribution in [0.5, 0.6) is 0 Å². The lowest BCUT2D eigenvalue weighted by Crippen LogP contribution is -1.96. The van der Waals surface area contributed by atoms with E-state index in [2.05, 4.69) is 5.92 Å². The van der Waals surface area contributed by atoms with E-state index in [-0.39, 0.29) is 11.8 Å². The molecular weight excluding hydrogens is 233 g/mol. The van der Waals surface area contributed by atoms with Crippen LogP contribution in [0.15, 0.2) is 24.3 Å². The molecule has 0 aromatic heterocycles. The van der Waals surface area contributed by atoms with Crippen LogP contribution >= 0.6 is 23.4 Å². The molecule has 0 unspecified atom stereocenters. The lowest BCUT2D eigenvalue weighted by Gasteiger charge is -1.96. The Bertz CT molecular complexity index is 358. The average Bonchev–Trinajstić information content (AvgIpc) is 2.06. The van der Waals surface area contributed by atoms with Crippen LogP contribution in [0.3, 0.4) is 0 Å². The van der Waals surface area contributed by atoms with Crippen molar-refractivity contribution in [1.29, 1.82) is 0 Å². The molecule has 1 rings (SSSR count). The zero-order valence-electron chi connectivity index (χ0n) is 6.73. The molecule has 0 spiro atoms. The SMILES string of the molecule is FC(F)(F)SC#Cc1ccc(Cl)cc1. The zero-order chi connectivity index (χ0) is 10.6. The first-order valence-electron chi connectivity index (χ1n) is 3.49. The fourth-order valence-corrected chi connectivity index (χ4v) is 1.09. The predicted molar refractivity (Wildman–Crippen MR) is 52.0 cm³/mol. The van der Waals surface area contributed by atoms with E-state index in [0.717, 1.165) is 0 Å². The largest absolute Gasteiger partial charge is 0.453 e. The van der Waals surface area contributed by atoms with E-state index < -0.39 is 5.51 Å². The maximum atomic E-state index is 11.7. The van der Waals surface area contributed by atoms with Gasteiger partial charge in [0, 0.05) is 22.3 Å². The Kier molecular flexibility index (Phi) is 3.73. The Morgan fingerprint density at radius 2 is 1.71 bits per heavy atom. The van der Waals surface area contributed by atoms with Gasteiger partial charge in [-0.2, -0.15) is 13.2 Å². The molecular formula is C9H4ClF3S. The first-order chi connectivity index (χ1) is 6.47. The van der Waals surface area contributed by atoms with Gasteiger partial charge in [0.25, 0.3) is 0 Å². The second kappa shape index (κ2) is 4.63. The quantitative estimate of drug-likeness (QED) is 0.616. The standard InChI is InChI=1S/C9H4ClF3S/c10-8-3-1-7(2-4-8)5-6-14-9(11,12)13/h1-4H. The van der Waals surface area contributed by atoms with Gasteiger partial charge >= 0.3 is 5.51 Å². The van der Waals surface area contributed by atoms with Gasteiger partial charge in [0.1, 0.15) is 0 Å². The topological polar surface area (TPSA) is 0 Å². The van der Waals surface area contributed by atoms with E-state index >= 15 is 0 Å². The minimum absolute atomic E-state index is 0.361. The summed E-state index contributed by atoms with van der Waals surface area (Å²) in [5.41, 5.74) is -3.80. The molecule has 0 saturated carbocycles. The second-order valence-corrected chi connectivity index (χ2v) is 3.59. The lowest BCUT2D eigenvalue weighted by atomic mass is 10.2. The summed E-state index contributed by atoms with van der Waals surface area (Å²) in [5, 5.41) is 2.49. The third-order valence-corrected chi connectivity index (χ3v) is 1.89. The molecule has 1 aromatic rings. The van der Waals surface area contributed by atoms with Crippen molar-refractivity contribution in [3.8, 4) is 11.2 Å². The van der Waals surface area contributed by atoms with Gasteiger partial charge in [-0.15, -0.1) is 0 Å². The van der Waals surface area contributed by atoms with Gasteiger partial charge in [0.05, 0.1) is 0 Å². The molecule has 14 heavy (non-hydrogen) atoms. The van der Waals surface area contributed by atoms with Gasteiger partial charge in [0.2, 0.25) is 0 Å². The Balaban J connectivity index is 2.64. The molecule has 0 nitrogen and oxygen atoms in total. The van der Waals surface area contributed by atoms with Crippen molar-refractivity contribution in [3.63, 3.8) is 0 Å². The van der Waals surface area contributed by atoms with Crippen LogP contribution in [0, 0.1) is 11.2 Å². The van der Waals surface area contributed by atoms with Crippen molar-refractivity contribution in [2.75, 3.05) is 0 Å². The molecule has 5 heteroatoms. The summed E-state index contributed by atoms with van der Waals surface area (Å²) in [7, 11) is 0. The van der Waals surface area contributed by atoms with Gasteiger partial charge < -0.3 is 0 Å². The van der Waals surface area contributed by atoms with Gasteiger partial charge in [-0.3, -0.25) is 0 Å². The predicted octanol–water partition coefficient (Wildman–Crippen LogP) is 3.90. The number of hydrogen-bond acceptors (Lipinski definition) is 1. The Labute approximate surface area is 88.4 Å². The zero-order valence-corrected chi connectivity index (χ0v) is 8.30. The molecule has 0 aliphatic heterocycles. The van der Waals surface area contributed by atoms with E-state index in [9.17, 15) is 13.2 Å². The van der Waals surface area contributed by atoms with E-state index in [4.69, 9.17) is 11.6 Å². The van der Waals surface area contributed by atoms with Crippen LogP contribution in [0.25, 0.3) is 0 Å². The number of thioether (sulfide) groups is 1. The highest BCUT2D eigenvalue weighted by atomic mass is 35.5. The van der Waals surface area contributed by atoms with Crippen LogP contribution < -0.4 is 0 Å². The molecule has 0 atom stereocenters. The Hall–Kier alpha value is -0.790. The fourth-order valence-electron chi connectivity index (χ4n) is 0.676. The summed E-state index contributed by atoms with van der Waals surface area (Å²) in [6.45, 7) is 0. The Morgan fingerprint density at radius 3 is 2.21 bits per heavy atom. The van der Waals surface area contributed by atoms with Crippen molar-refractivity contribution in [2.45, 2.75) is 5.51 Å². The van der Waals surface area contributed by atoms with Crippen LogP contribution in [-0.2, 0) is 0 Å². The van der Waals surface area contributed by atoms with Gasteiger partial charge in [-0.25, -0.2) is 0 Å². The highest BCUT2D eigenvalue weighted by Gasteiger charge is 2.27. The lowest BCUT2D eigenvalue weighted by molar-refractivity contribution is -0.0318. The molecule has 0 N–H and O–H groups in total. The number of benzene rings is 1. The molecule has 0 saturated heterocycles. The van der Waals surface area contributed by atoms with Crippen molar-refractivity contribution >= 4 is 23.4 Å². The first kappa shape index (κ1) is 11.3. The third-order valence-electron chi connectivity index (χ3n) is 1.21. The normalized spacial score (nSPS) is 10.6. The fraction of sp³-hybridized carbons (Fsp3) is 0.111. The molecule has 0 bridgehead atoms. The van der Waals surface area contributed by atoms with Crippen LogP contribution in [0.4, 0.5) is 13.2 Å². The molecule has 0 radical (unpaired) electrons. The summed E-state index contributed by atoms with van der Waals surface area (Å²) >= 11 is 5.22. The summed E-state index contributed by atoms with van der Waals surface area (Å²) in [4.78, 5) is 0. The van der Waals surface area contributed by atoms with Crippen molar-refractivity contribution < 1.29 is 13.2 Å². The van der Waals surface area contributed by atoms with Crippen molar-refractivity contribution in [3.05, 3.63) is 34.9 Å². The highest BCUT2D eigenvalue weighted by Crippen LogP contribution is 2.28. The molecule has 0 heterocycles. The number of alkyl halides is 3. The first-order valence-corrected chi connectivity index (χ1v) is 4.68. The van der Waals surface area contributed by atoms with E-state index in [0.29, 0.717) is 10.6 Å². The highest BCUT2D eigenvalue weighted by molar-refractivity contribution is 8.04. The molecule has 1 aromatic carbocycles. The minimum atomic E-state index is -4.31. The number of rotatable bonds is 0. The molecule has 0 amide bonds. The van der Waals surface area contributed by atoms with E-state index in [1.54, 1.807) is 24.3 Å². The number of halogens is 4. The summed E-state index contributed by atoms with van der Waals surface area (Å²) in [5.74, 6) is 2.36. The average molecular weight is 237 g/mol. The van der Waals surface area contributed by atoms with Crippen molar-refractivity contribution in [2.24, 2.45) is 0 Å². The van der Waals surface area contributed by atoms with E-state index in [1.165, 1.54) is 0 Å². The second-order valence-electron chi connectivity index (χ2n) is 2.28. The van der Waals surface area contributed by atoms with Gasteiger partial charge in [-0.1, -0.05) is 17.5 Å². The minimum Gasteiger partial charge on any atom is -0.160 e. The smallest absolute Gasteiger partial charge is 0.160 e. The number of hydrogen-bond donors (Lipinski definition) is 0. The third kappa shape index (κ3) is 4.45. The Morgan fingerprint density at radius 1 is 1.14 bits per heavy atom. The molecule has 0 fully saturated rings. The van der Waals surface area contributed by atoms with E-state index in [1.807, 2.05) is 5.25 Å². The summed E-state index contributed by atoms with van der Waals surface area (Å²) in [6, 6.07) is 6.27. The van der Waals surface area contributed by atoms with Gasteiger partial charge in [-0.05, 0) is 29.5 Å². The van der Waals surface area contributed by atoms with Crippen LogP contribution in [0.1, 0.15) is 5.56 Å². The summed E-state index contributed by atoms with van der Waals surface area (Å²) in [6.07, 6.45) is 0.